The van der Waals surface area contributed by atoms with E-state index in [0.29, 0.717) is 6.10 Å². The first-order valence-corrected chi connectivity index (χ1v) is 8.71. The normalized spacial score (nSPS) is 32.4. The van der Waals surface area contributed by atoms with Gasteiger partial charge in [0.2, 0.25) is 0 Å². The van der Waals surface area contributed by atoms with Crippen LogP contribution in [0, 0.1) is 0 Å². The number of likely N-dealkylation sites (tertiary alicyclic amines) is 1. The minimum absolute atomic E-state index is 0.501. The number of hydrogen-bond acceptors (Lipinski definition) is 2. The van der Waals surface area contributed by atoms with E-state index < -0.39 is 7.49 Å². The molecular weight excluding hydrogens is 181 g/mol. The van der Waals surface area contributed by atoms with E-state index in [1.165, 1.54) is 12.8 Å². The second-order valence-corrected chi connectivity index (χ2v) is 9.55. The van der Waals surface area contributed by atoms with Crippen molar-refractivity contribution in [1.82, 2.24) is 4.90 Å². The zero-order valence-corrected chi connectivity index (χ0v) is 10.6. The van der Waals surface area contributed by atoms with Crippen molar-refractivity contribution in [1.29, 1.82) is 0 Å². The molecule has 0 radical (unpaired) electrons. The third kappa shape index (κ3) is 3.53. The van der Waals surface area contributed by atoms with Crippen LogP contribution in [-0.2, 0) is 4.52 Å². The summed E-state index contributed by atoms with van der Waals surface area (Å²) in [7, 11) is 0.889. The van der Waals surface area contributed by atoms with Crippen LogP contribution < -0.4 is 0 Å². The van der Waals surface area contributed by atoms with Crippen LogP contribution in [0.2, 0.25) is 0 Å². The van der Waals surface area contributed by atoms with Gasteiger partial charge in [0.05, 0.1) is 0 Å². The molecule has 0 bridgehead atoms. The maximum absolute atomic E-state index is 6.10. The fourth-order valence-corrected chi connectivity index (χ4v) is 3.26. The Balaban J connectivity index is 2.40. The van der Waals surface area contributed by atoms with Crippen molar-refractivity contribution in [2.24, 2.45) is 0 Å². The zero-order valence-electron chi connectivity index (χ0n) is 9.63. The summed E-state index contributed by atoms with van der Waals surface area (Å²) >= 11 is 0. The van der Waals surface area contributed by atoms with Crippen molar-refractivity contribution in [3.8, 4) is 0 Å². The molecule has 13 heavy (non-hydrogen) atoms. The standard InChI is InChI=1S/C10H24NOP/c1-6-9-7-10(8-11(9)2)12-13(3,4)5/h9-10,13H,6-8H2,1-5H3. The maximum atomic E-state index is 6.10. The molecule has 1 fully saturated rings. The summed E-state index contributed by atoms with van der Waals surface area (Å²) in [4.78, 5) is 2.44. The zero-order chi connectivity index (χ0) is 10.1. The van der Waals surface area contributed by atoms with E-state index in [0.717, 1.165) is 12.6 Å². The molecule has 0 aromatic carbocycles. The van der Waals surface area contributed by atoms with Gasteiger partial charge in [-0.15, -0.1) is 0 Å². The molecule has 0 spiro atoms. The Morgan fingerprint density at radius 2 is 2.00 bits per heavy atom. The van der Waals surface area contributed by atoms with Crippen LogP contribution in [0.15, 0.2) is 0 Å². The molecule has 1 saturated heterocycles. The fourth-order valence-electron chi connectivity index (χ4n) is 2.09. The second kappa shape index (κ2) is 4.25. The van der Waals surface area contributed by atoms with Gasteiger partial charge in [0.1, 0.15) is 0 Å². The Hall–Kier alpha value is 0.350. The molecule has 2 unspecified atom stereocenters. The quantitative estimate of drug-likeness (QED) is 0.654. The van der Waals surface area contributed by atoms with Gasteiger partial charge in [-0.3, -0.25) is 0 Å². The monoisotopic (exact) mass is 205 g/mol. The summed E-state index contributed by atoms with van der Waals surface area (Å²) in [6, 6.07) is 0.751. The Labute approximate surface area is 83.1 Å². The summed E-state index contributed by atoms with van der Waals surface area (Å²) in [6.07, 6.45) is 2.99. The van der Waals surface area contributed by atoms with E-state index >= 15 is 0 Å². The summed E-state index contributed by atoms with van der Waals surface area (Å²) < 4.78 is 6.10. The first-order valence-electron chi connectivity index (χ1n) is 5.30. The van der Waals surface area contributed by atoms with Crippen LogP contribution in [0.1, 0.15) is 19.8 Å². The number of hydrogen-bond donors (Lipinski definition) is 0. The van der Waals surface area contributed by atoms with Crippen molar-refractivity contribution in [2.75, 3.05) is 33.6 Å². The van der Waals surface area contributed by atoms with Gasteiger partial charge in [-0.1, -0.05) is 0 Å². The molecule has 3 heteroatoms. The molecule has 0 aromatic heterocycles. The summed E-state index contributed by atoms with van der Waals surface area (Å²) in [5, 5.41) is 0. The van der Waals surface area contributed by atoms with Crippen LogP contribution >= 0.6 is 7.49 Å². The summed E-state index contributed by atoms with van der Waals surface area (Å²) in [6.45, 7) is 10.2. The first-order chi connectivity index (χ1) is 5.92. The van der Waals surface area contributed by atoms with Gasteiger partial charge < -0.3 is 0 Å². The van der Waals surface area contributed by atoms with Crippen molar-refractivity contribution in [3.05, 3.63) is 0 Å². The van der Waals surface area contributed by atoms with Gasteiger partial charge >= 0.3 is 82.4 Å². The predicted molar refractivity (Wildman–Crippen MR) is 62.3 cm³/mol. The van der Waals surface area contributed by atoms with Crippen LogP contribution in [-0.4, -0.2) is 50.6 Å². The van der Waals surface area contributed by atoms with Crippen LogP contribution in [0.25, 0.3) is 0 Å². The SMILES string of the molecule is CCC1CC(O[PH](C)(C)C)CN1C. The molecule has 1 rings (SSSR count). The molecule has 0 saturated carbocycles. The minimum atomic E-state index is -1.32. The van der Waals surface area contributed by atoms with Gasteiger partial charge in [0.15, 0.2) is 0 Å². The molecule has 0 N–H and O–H groups in total. The Morgan fingerprint density at radius 1 is 1.38 bits per heavy atom. The van der Waals surface area contributed by atoms with E-state index in [-0.39, 0.29) is 0 Å². The first kappa shape index (κ1) is 11.4. The van der Waals surface area contributed by atoms with Crippen molar-refractivity contribution < 1.29 is 4.52 Å². The van der Waals surface area contributed by atoms with Gasteiger partial charge in [0, 0.05) is 0 Å². The molecule has 0 aliphatic carbocycles. The molecule has 0 amide bonds. The number of nitrogens with zero attached hydrogens (tertiary/aromatic N) is 1. The Kier molecular flexibility index (Phi) is 3.73. The molecule has 1 aliphatic rings. The van der Waals surface area contributed by atoms with Crippen LogP contribution in [0.5, 0.6) is 0 Å². The molecule has 80 valence electrons. The summed E-state index contributed by atoms with van der Waals surface area (Å²) in [5.74, 6) is 0. The predicted octanol–water partition coefficient (Wildman–Crippen LogP) is 2.04. The van der Waals surface area contributed by atoms with Gasteiger partial charge in [-0.05, 0) is 0 Å². The molecule has 1 aliphatic heterocycles. The third-order valence-corrected chi connectivity index (χ3v) is 3.68. The molecule has 2 atom stereocenters. The van der Waals surface area contributed by atoms with Crippen molar-refractivity contribution in [2.45, 2.75) is 31.9 Å². The molecule has 0 aromatic rings. The van der Waals surface area contributed by atoms with E-state index in [2.05, 4.69) is 38.9 Å². The topological polar surface area (TPSA) is 12.5 Å². The van der Waals surface area contributed by atoms with E-state index in [1.807, 2.05) is 0 Å². The molecule has 1 heterocycles. The summed E-state index contributed by atoms with van der Waals surface area (Å²) in [5.41, 5.74) is 0. The second-order valence-electron chi connectivity index (χ2n) is 5.09. The molecular formula is C10H24NOP. The van der Waals surface area contributed by atoms with E-state index in [1.54, 1.807) is 0 Å². The third-order valence-electron chi connectivity index (χ3n) is 2.64. The van der Waals surface area contributed by atoms with Crippen molar-refractivity contribution in [3.63, 3.8) is 0 Å². The van der Waals surface area contributed by atoms with Gasteiger partial charge in [-0.2, -0.15) is 0 Å². The van der Waals surface area contributed by atoms with E-state index in [4.69, 9.17) is 4.52 Å². The van der Waals surface area contributed by atoms with Gasteiger partial charge in [-0.25, -0.2) is 0 Å². The van der Waals surface area contributed by atoms with Crippen LogP contribution in [0.3, 0.4) is 0 Å². The number of rotatable bonds is 3. The fraction of sp³-hybridized carbons (Fsp3) is 1.00. The Bertz CT molecular complexity index is 167. The molecule has 2 nitrogen and oxygen atoms in total. The van der Waals surface area contributed by atoms with Crippen LogP contribution in [0.4, 0.5) is 0 Å². The van der Waals surface area contributed by atoms with Gasteiger partial charge in [0.25, 0.3) is 0 Å². The average molecular weight is 205 g/mol. The van der Waals surface area contributed by atoms with Crippen molar-refractivity contribution >= 4 is 7.49 Å². The van der Waals surface area contributed by atoms with E-state index in [9.17, 15) is 0 Å². The number of likely N-dealkylation sites (N-methyl/N-ethyl adjacent to an activating group) is 1. The average Bonchev–Trinajstić information content (AvgIpc) is 2.26. The Morgan fingerprint density at radius 3 is 2.38 bits per heavy atom.